The van der Waals surface area contributed by atoms with E-state index in [1.807, 2.05) is 0 Å². The summed E-state index contributed by atoms with van der Waals surface area (Å²) in [4.78, 5) is 1.51. The van der Waals surface area contributed by atoms with Crippen molar-refractivity contribution >= 4 is 5.69 Å². The van der Waals surface area contributed by atoms with Gasteiger partial charge in [-0.25, -0.2) is 8.78 Å². The number of rotatable bonds is 3. The molecule has 0 saturated carbocycles. The van der Waals surface area contributed by atoms with Gasteiger partial charge in [-0.1, -0.05) is 13.8 Å². The van der Waals surface area contributed by atoms with Crippen LogP contribution in [0.3, 0.4) is 0 Å². The van der Waals surface area contributed by atoms with Crippen molar-refractivity contribution in [3.8, 4) is 0 Å². The summed E-state index contributed by atoms with van der Waals surface area (Å²) < 4.78 is 26.8. The predicted molar refractivity (Wildman–Crippen MR) is 60.8 cm³/mol. The van der Waals surface area contributed by atoms with E-state index in [0.717, 1.165) is 6.07 Å². The van der Waals surface area contributed by atoms with Gasteiger partial charge in [0.15, 0.2) is 11.6 Å². The molecule has 0 aliphatic carbocycles. The number of halogens is 2. The Labute approximate surface area is 94.5 Å². The van der Waals surface area contributed by atoms with E-state index in [9.17, 15) is 13.9 Å². The first-order chi connectivity index (χ1) is 7.29. The van der Waals surface area contributed by atoms with Crippen LogP contribution >= 0.6 is 0 Å². The van der Waals surface area contributed by atoms with Crippen LogP contribution < -0.4 is 4.90 Å². The van der Waals surface area contributed by atoms with Gasteiger partial charge in [-0.3, -0.25) is 0 Å². The lowest BCUT2D eigenvalue weighted by Crippen LogP contribution is -2.23. The lowest BCUT2D eigenvalue weighted by atomic mass is 9.85. The van der Waals surface area contributed by atoms with Crippen molar-refractivity contribution in [2.45, 2.75) is 19.3 Å². The highest BCUT2D eigenvalue weighted by molar-refractivity contribution is 5.50. The Hall–Kier alpha value is -1.16. The van der Waals surface area contributed by atoms with Crippen LogP contribution in [0, 0.1) is 11.6 Å². The van der Waals surface area contributed by atoms with E-state index in [1.54, 1.807) is 34.0 Å². The molecule has 0 fully saturated rings. The Morgan fingerprint density at radius 1 is 1.25 bits per heavy atom. The Kier molecular flexibility index (Phi) is 3.53. The first-order valence-corrected chi connectivity index (χ1v) is 5.07. The van der Waals surface area contributed by atoms with Crippen LogP contribution in [0.4, 0.5) is 14.5 Å². The third kappa shape index (κ3) is 2.32. The highest BCUT2D eigenvalue weighted by atomic mass is 19.2. The fourth-order valence-corrected chi connectivity index (χ4v) is 1.38. The minimum Gasteiger partial charge on any atom is -0.395 e. The molecule has 0 aliphatic rings. The summed E-state index contributed by atoms with van der Waals surface area (Å²) >= 11 is 0. The molecule has 0 bridgehead atoms. The van der Waals surface area contributed by atoms with Crippen LogP contribution in [0.1, 0.15) is 19.4 Å². The molecule has 4 heteroatoms. The van der Waals surface area contributed by atoms with Gasteiger partial charge in [0.2, 0.25) is 0 Å². The van der Waals surface area contributed by atoms with Crippen LogP contribution in [0.25, 0.3) is 0 Å². The lowest BCUT2D eigenvalue weighted by molar-refractivity contribution is 0.218. The molecule has 1 rings (SSSR count). The largest absolute Gasteiger partial charge is 0.395 e. The molecule has 0 radical (unpaired) electrons. The Balaban J connectivity index is 3.35. The summed E-state index contributed by atoms with van der Waals surface area (Å²) in [7, 11) is 3.29. The van der Waals surface area contributed by atoms with Crippen molar-refractivity contribution in [3.63, 3.8) is 0 Å². The van der Waals surface area contributed by atoms with E-state index in [1.165, 1.54) is 4.90 Å². The van der Waals surface area contributed by atoms with E-state index >= 15 is 0 Å². The van der Waals surface area contributed by atoms with Crippen molar-refractivity contribution in [1.82, 2.24) is 0 Å². The van der Waals surface area contributed by atoms with Crippen LogP contribution in [0.15, 0.2) is 12.1 Å². The zero-order chi connectivity index (χ0) is 12.5. The Morgan fingerprint density at radius 2 is 1.81 bits per heavy atom. The van der Waals surface area contributed by atoms with Crippen molar-refractivity contribution in [2.24, 2.45) is 0 Å². The molecule has 0 aliphatic heterocycles. The fourth-order valence-electron chi connectivity index (χ4n) is 1.38. The van der Waals surface area contributed by atoms with Gasteiger partial charge in [0.1, 0.15) is 0 Å². The fraction of sp³-hybridized carbons (Fsp3) is 0.500. The summed E-state index contributed by atoms with van der Waals surface area (Å²) in [6.45, 7) is 3.43. The summed E-state index contributed by atoms with van der Waals surface area (Å²) in [5.74, 6) is -1.75. The summed E-state index contributed by atoms with van der Waals surface area (Å²) in [6.07, 6.45) is 0. The molecule has 16 heavy (non-hydrogen) atoms. The normalized spacial score (nSPS) is 11.7. The van der Waals surface area contributed by atoms with Crippen LogP contribution in [-0.2, 0) is 5.41 Å². The smallest absolute Gasteiger partial charge is 0.182 e. The minimum absolute atomic E-state index is 0.120. The first kappa shape index (κ1) is 12.9. The van der Waals surface area contributed by atoms with Crippen molar-refractivity contribution in [3.05, 3.63) is 29.3 Å². The van der Waals surface area contributed by atoms with Gasteiger partial charge >= 0.3 is 0 Å². The van der Waals surface area contributed by atoms with Gasteiger partial charge in [0.25, 0.3) is 0 Å². The zero-order valence-corrected chi connectivity index (χ0v) is 10.0. The lowest BCUT2D eigenvalue weighted by Gasteiger charge is -2.25. The number of hydrogen-bond donors (Lipinski definition) is 1. The van der Waals surface area contributed by atoms with E-state index in [2.05, 4.69) is 0 Å². The Bertz CT molecular complexity index is 389. The third-order valence-corrected chi connectivity index (χ3v) is 2.67. The van der Waals surface area contributed by atoms with E-state index in [4.69, 9.17) is 0 Å². The summed E-state index contributed by atoms with van der Waals surface area (Å²) in [5, 5.41) is 9.21. The zero-order valence-electron chi connectivity index (χ0n) is 10.0. The number of hydrogen-bond acceptors (Lipinski definition) is 2. The number of aliphatic hydroxyl groups excluding tert-OH is 1. The Morgan fingerprint density at radius 3 is 2.25 bits per heavy atom. The van der Waals surface area contributed by atoms with E-state index in [0.29, 0.717) is 5.56 Å². The van der Waals surface area contributed by atoms with Crippen LogP contribution in [0.2, 0.25) is 0 Å². The maximum atomic E-state index is 13.4. The van der Waals surface area contributed by atoms with Gasteiger partial charge in [-0.2, -0.15) is 0 Å². The van der Waals surface area contributed by atoms with Crippen molar-refractivity contribution < 1.29 is 13.9 Å². The molecule has 0 atom stereocenters. The van der Waals surface area contributed by atoms with Gasteiger partial charge in [-0.05, 0) is 17.7 Å². The minimum atomic E-state index is -0.886. The topological polar surface area (TPSA) is 23.5 Å². The molecule has 1 aromatic carbocycles. The van der Waals surface area contributed by atoms with Crippen molar-refractivity contribution in [2.75, 3.05) is 25.6 Å². The van der Waals surface area contributed by atoms with Gasteiger partial charge in [0, 0.05) is 19.5 Å². The van der Waals surface area contributed by atoms with Gasteiger partial charge in [0.05, 0.1) is 12.3 Å². The molecule has 0 heterocycles. The molecule has 0 amide bonds. The second-order valence-electron chi connectivity index (χ2n) is 4.73. The van der Waals surface area contributed by atoms with Crippen LogP contribution in [-0.4, -0.2) is 25.8 Å². The van der Waals surface area contributed by atoms with Crippen LogP contribution in [0.5, 0.6) is 0 Å². The molecule has 0 spiro atoms. The monoisotopic (exact) mass is 229 g/mol. The standard InChI is InChI=1S/C12H17F2NO/c1-12(2,7-16)8-5-9(13)11(14)10(6-8)15(3)4/h5-6,16H,7H2,1-4H3. The van der Waals surface area contributed by atoms with E-state index < -0.39 is 17.0 Å². The first-order valence-electron chi connectivity index (χ1n) is 5.07. The quantitative estimate of drug-likeness (QED) is 0.859. The maximum Gasteiger partial charge on any atom is 0.182 e. The predicted octanol–water partition coefficient (Wildman–Crippen LogP) is 2.30. The molecule has 1 aromatic rings. The number of benzene rings is 1. The SMILES string of the molecule is CN(C)c1cc(C(C)(C)CO)cc(F)c1F. The molecule has 0 saturated heterocycles. The van der Waals surface area contributed by atoms with Gasteiger partial charge < -0.3 is 10.0 Å². The second-order valence-corrected chi connectivity index (χ2v) is 4.73. The molecular formula is C12H17F2NO. The number of anilines is 1. The average molecular weight is 229 g/mol. The van der Waals surface area contributed by atoms with Gasteiger partial charge in [-0.15, -0.1) is 0 Å². The third-order valence-electron chi connectivity index (χ3n) is 2.67. The molecule has 2 nitrogen and oxygen atoms in total. The summed E-state index contributed by atoms with van der Waals surface area (Å²) in [6, 6.07) is 2.70. The number of nitrogens with zero attached hydrogens (tertiary/aromatic N) is 1. The molecule has 1 N–H and O–H groups in total. The summed E-state index contributed by atoms with van der Waals surface area (Å²) in [5.41, 5.74) is 0.188. The molecule has 0 aromatic heterocycles. The molecule has 0 unspecified atom stereocenters. The second kappa shape index (κ2) is 4.37. The maximum absolute atomic E-state index is 13.4. The highest BCUT2D eigenvalue weighted by Gasteiger charge is 2.23. The highest BCUT2D eigenvalue weighted by Crippen LogP contribution is 2.29. The van der Waals surface area contributed by atoms with Crippen molar-refractivity contribution in [1.29, 1.82) is 0 Å². The molecular weight excluding hydrogens is 212 g/mol. The molecule has 90 valence electrons. The average Bonchev–Trinajstić information content (AvgIpc) is 2.21. The van der Waals surface area contributed by atoms with E-state index in [-0.39, 0.29) is 12.3 Å². The number of aliphatic hydroxyl groups is 1.